The first-order valence-electron chi connectivity index (χ1n) is 10.2. The molecule has 0 bridgehead atoms. The number of carbonyl (C=O) groups excluding carboxylic acids is 2. The van der Waals surface area contributed by atoms with E-state index in [2.05, 4.69) is 16.0 Å². The fourth-order valence-electron chi connectivity index (χ4n) is 2.95. The van der Waals surface area contributed by atoms with Crippen LogP contribution < -0.4 is 25.4 Å². The van der Waals surface area contributed by atoms with Crippen LogP contribution in [0.2, 0.25) is 10.0 Å². The summed E-state index contributed by atoms with van der Waals surface area (Å²) in [5.74, 6) is 0.459. The maximum atomic E-state index is 12.6. The Labute approximate surface area is 202 Å². The van der Waals surface area contributed by atoms with E-state index in [4.69, 9.17) is 32.7 Å². The molecule has 0 aliphatic carbocycles. The summed E-state index contributed by atoms with van der Waals surface area (Å²) in [5, 5.41) is 8.98. The smallest absolute Gasteiger partial charge is 0.323 e. The largest absolute Gasteiger partial charge is 0.492 e. The van der Waals surface area contributed by atoms with Crippen molar-refractivity contribution in [2.24, 2.45) is 0 Å². The first-order chi connectivity index (χ1) is 15.9. The second-order valence-electron chi connectivity index (χ2n) is 6.74. The molecule has 0 aromatic heterocycles. The average molecular weight is 488 g/mol. The van der Waals surface area contributed by atoms with E-state index in [1.54, 1.807) is 54.6 Å². The van der Waals surface area contributed by atoms with Gasteiger partial charge in [0.2, 0.25) is 0 Å². The molecule has 0 heterocycles. The molecular formula is C24H23Cl2N3O4. The van der Waals surface area contributed by atoms with Crippen molar-refractivity contribution >= 4 is 52.2 Å². The number of benzene rings is 3. The zero-order chi connectivity index (χ0) is 23.8. The zero-order valence-electron chi connectivity index (χ0n) is 18.1. The molecule has 3 amide bonds. The fraction of sp³-hybridized carbons (Fsp3) is 0.167. The molecule has 0 saturated carbocycles. The van der Waals surface area contributed by atoms with E-state index in [1.807, 2.05) is 19.9 Å². The molecule has 172 valence electrons. The molecule has 0 aliphatic heterocycles. The first-order valence-corrected chi connectivity index (χ1v) is 11.0. The molecule has 0 saturated heterocycles. The summed E-state index contributed by atoms with van der Waals surface area (Å²) >= 11 is 11.9. The van der Waals surface area contributed by atoms with Crippen molar-refractivity contribution in [3.63, 3.8) is 0 Å². The van der Waals surface area contributed by atoms with Crippen LogP contribution in [0.5, 0.6) is 11.5 Å². The van der Waals surface area contributed by atoms with Gasteiger partial charge in [0.15, 0.2) is 0 Å². The molecule has 0 radical (unpaired) electrons. The maximum Gasteiger partial charge on any atom is 0.323 e. The predicted molar refractivity (Wildman–Crippen MR) is 132 cm³/mol. The number of nitrogens with one attached hydrogen (secondary N) is 3. The standard InChI is InChI=1S/C24H23Cl2N3O4/c1-3-32-21-14-20(29-24(31)27-16-10-11-17(25)18(26)12-16)22(33-4-2)13-19(21)28-23(30)15-8-6-5-7-9-15/h5-14H,3-4H2,1-2H3,(H,28,30)(H2,27,29,31). The Bertz CT molecular complexity index is 1140. The van der Waals surface area contributed by atoms with Crippen molar-refractivity contribution in [3.05, 3.63) is 76.3 Å². The quantitative estimate of drug-likeness (QED) is 0.330. The maximum absolute atomic E-state index is 12.6. The molecule has 3 rings (SSSR count). The average Bonchev–Trinajstić information content (AvgIpc) is 2.79. The molecule has 0 unspecified atom stereocenters. The summed E-state index contributed by atoms with van der Waals surface area (Å²) in [6.07, 6.45) is 0. The number of rotatable bonds is 8. The van der Waals surface area contributed by atoms with Crippen LogP contribution in [0.25, 0.3) is 0 Å². The van der Waals surface area contributed by atoms with Gasteiger partial charge in [0.1, 0.15) is 11.5 Å². The van der Waals surface area contributed by atoms with Crippen molar-refractivity contribution in [1.29, 1.82) is 0 Å². The van der Waals surface area contributed by atoms with Gasteiger partial charge >= 0.3 is 6.03 Å². The Balaban J connectivity index is 1.85. The fourth-order valence-corrected chi connectivity index (χ4v) is 3.25. The Hall–Kier alpha value is -3.42. The minimum atomic E-state index is -0.516. The van der Waals surface area contributed by atoms with E-state index in [0.29, 0.717) is 57.4 Å². The van der Waals surface area contributed by atoms with Gasteiger partial charge in [0, 0.05) is 23.4 Å². The molecule has 0 atom stereocenters. The topological polar surface area (TPSA) is 88.7 Å². The number of halogens is 2. The molecule has 3 aromatic carbocycles. The van der Waals surface area contributed by atoms with Crippen molar-refractivity contribution in [2.75, 3.05) is 29.2 Å². The SMILES string of the molecule is CCOc1cc(NC(=O)c2ccccc2)c(OCC)cc1NC(=O)Nc1ccc(Cl)c(Cl)c1. The monoisotopic (exact) mass is 487 g/mol. The van der Waals surface area contributed by atoms with Crippen LogP contribution in [0, 0.1) is 0 Å². The van der Waals surface area contributed by atoms with E-state index in [0.717, 1.165) is 0 Å². The second-order valence-corrected chi connectivity index (χ2v) is 7.55. The van der Waals surface area contributed by atoms with Crippen LogP contribution >= 0.6 is 23.2 Å². The summed E-state index contributed by atoms with van der Waals surface area (Å²) in [6.45, 7) is 4.35. The summed E-state index contributed by atoms with van der Waals surface area (Å²) in [5.41, 5.74) is 1.76. The third kappa shape index (κ3) is 6.54. The summed E-state index contributed by atoms with van der Waals surface area (Å²) in [7, 11) is 0. The van der Waals surface area contributed by atoms with Crippen molar-refractivity contribution in [2.45, 2.75) is 13.8 Å². The molecule has 3 N–H and O–H groups in total. The second kappa shape index (κ2) is 11.4. The van der Waals surface area contributed by atoms with E-state index in [1.165, 1.54) is 0 Å². The predicted octanol–water partition coefficient (Wildman–Crippen LogP) is 6.69. The number of urea groups is 1. The summed E-state index contributed by atoms with van der Waals surface area (Å²) < 4.78 is 11.4. The van der Waals surface area contributed by atoms with Gasteiger partial charge in [-0.05, 0) is 44.2 Å². The number of amides is 3. The Kier molecular flexibility index (Phi) is 8.40. The third-order valence-corrected chi connectivity index (χ3v) is 5.13. The molecule has 7 nitrogen and oxygen atoms in total. The van der Waals surface area contributed by atoms with Gasteiger partial charge in [-0.25, -0.2) is 4.79 Å². The highest BCUT2D eigenvalue weighted by Crippen LogP contribution is 2.37. The zero-order valence-corrected chi connectivity index (χ0v) is 19.6. The normalized spacial score (nSPS) is 10.3. The molecule has 33 heavy (non-hydrogen) atoms. The van der Waals surface area contributed by atoms with Crippen LogP contribution in [0.3, 0.4) is 0 Å². The molecule has 0 fully saturated rings. The van der Waals surface area contributed by atoms with Crippen molar-refractivity contribution < 1.29 is 19.1 Å². The van der Waals surface area contributed by atoms with Gasteiger partial charge in [-0.2, -0.15) is 0 Å². The third-order valence-electron chi connectivity index (χ3n) is 4.39. The van der Waals surface area contributed by atoms with E-state index < -0.39 is 6.03 Å². The highest BCUT2D eigenvalue weighted by Gasteiger charge is 2.17. The van der Waals surface area contributed by atoms with Gasteiger partial charge in [0.25, 0.3) is 5.91 Å². The number of anilines is 3. The van der Waals surface area contributed by atoms with Gasteiger partial charge in [-0.15, -0.1) is 0 Å². The minimum absolute atomic E-state index is 0.294. The van der Waals surface area contributed by atoms with Gasteiger partial charge < -0.3 is 25.4 Å². The first kappa shape index (κ1) is 24.2. The Morgan fingerprint density at radius 3 is 1.94 bits per heavy atom. The number of hydrogen-bond acceptors (Lipinski definition) is 4. The number of carbonyl (C=O) groups is 2. The lowest BCUT2D eigenvalue weighted by molar-refractivity contribution is 0.102. The molecule has 0 spiro atoms. The van der Waals surface area contributed by atoms with Crippen LogP contribution in [0.1, 0.15) is 24.2 Å². The molecule has 0 aliphatic rings. The number of ether oxygens (including phenoxy) is 2. The molecular weight excluding hydrogens is 465 g/mol. The summed E-state index contributed by atoms with van der Waals surface area (Å²) in [6, 6.07) is 16.3. The van der Waals surface area contributed by atoms with E-state index >= 15 is 0 Å². The Morgan fingerprint density at radius 1 is 0.758 bits per heavy atom. The molecule has 9 heteroatoms. The van der Waals surface area contributed by atoms with Gasteiger partial charge in [0.05, 0.1) is 34.6 Å². The van der Waals surface area contributed by atoms with Crippen molar-refractivity contribution in [3.8, 4) is 11.5 Å². The van der Waals surface area contributed by atoms with Crippen LogP contribution in [0.4, 0.5) is 21.9 Å². The lowest BCUT2D eigenvalue weighted by Gasteiger charge is -2.18. The molecule has 3 aromatic rings. The van der Waals surface area contributed by atoms with Crippen molar-refractivity contribution in [1.82, 2.24) is 0 Å². The lowest BCUT2D eigenvalue weighted by atomic mass is 10.2. The highest BCUT2D eigenvalue weighted by atomic mass is 35.5. The lowest BCUT2D eigenvalue weighted by Crippen LogP contribution is -2.20. The minimum Gasteiger partial charge on any atom is -0.492 e. The van der Waals surface area contributed by atoms with E-state index in [-0.39, 0.29) is 5.91 Å². The summed E-state index contributed by atoms with van der Waals surface area (Å²) in [4.78, 5) is 25.2. The highest BCUT2D eigenvalue weighted by molar-refractivity contribution is 6.42. The van der Waals surface area contributed by atoms with Crippen LogP contribution in [-0.2, 0) is 0 Å². The van der Waals surface area contributed by atoms with Crippen LogP contribution in [-0.4, -0.2) is 25.2 Å². The number of hydrogen-bond donors (Lipinski definition) is 3. The van der Waals surface area contributed by atoms with Crippen LogP contribution in [0.15, 0.2) is 60.7 Å². The van der Waals surface area contributed by atoms with Gasteiger partial charge in [-0.1, -0.05) is 41.4 Å². The Morgan fingerprint density at radius 2 is 1.36 bits per heavy atom. The van der Waals surface area contributed by atoms with Gasteiger partial charge in [-0.3, -0.25) is 4.79 Å². The van der Waals surface area contributed by atoms with E-state index in [9.17, 15) is 9.59 Å².